The second-order valence-electron chi connectivity index (χ2n) is 6.23. The smallest absolute Gasteiger partial charge is 0.243 e. The number of rotatable bonds is 8. The molecule has 2 aromatic heterocycles. The Bertz CT molecular complexity index is 786. The average Bonchev–Trinajstić information content (AvgIpc) is 3.16. The van der Waals surface area contributed by atoms with Crippen molar-refractivity contribution in [2.24, 2.45) is 0 Å². The number of hydrogen-bond acceptors (Lipinski definition) is 7. The lowest BCUT2D eigenvalue weighted by atomic mass is 10.2. The Morgan fingerprint density at radius 1 is 1.08 bits per heavy atom. The zero-order valence-electron chi connectivity index (χ0n) is 15.0. The zero-order valence-corrected chi connectivity index (χ0v) is 15.8. The minimum atomic E-state index is -3.41. The molecule has 9 nitrogen and oxygen atoms in total. The summed E-state index contributed by atoms with van der Waals surface area (Å²) >= 11 is 0. The van der Waals surface area contributed by atoms with Crippen molar-refractivity contribution in [1.82, 2.24) is 29.4 Å². The van der Waals surface area contributed by atoms with E-state index in [2.05, 4.69) is 29.6 Å². The van der Waals surface area contributed by atoms with E-state index in [0.717, 1.165) is 58.1 Å². The van der Waals surface area contributed by atoms with Gasteiger partial charge in [0.15, 0.2) is 0 Å². The van der Waals surface area contributed by atoms with Crippen LogP contribution >= 0.6 is 0 Å². The molecule has 0 aromatic carbocycles. The maximum atomic E-state index is 11.7. The number of hydrogen-bond donors (Lipinski definition) is 1. The monoisotopic (exact) mass is 379 g/mol. The molecule has 26 heavy (non-hydrogen) atoms. The molecule has 0 atom stereocenters. The van der Waals surface area contributed by atoms with E-state index < -0.39 is 10.0 Å². The highest BCUT2D eigenvalue weighted by molar-refractivity contribution is 7.89. The Balaban J connectivity index is 1.36. The predicted molar refractivity (Wildman–Crippen MR) is 98.4 cm³/mol. The lowest BCUT2D eigenvalue weighted by molar-refractivity contribution is 0.249. The Morgan fingerprint density at radius 3 is 2.46 bits per heavy atom. The fourth-order valence-corrected chi connectivity index (χ4v) is 3.64. The van der Waals surface area contributed by atoms with Crippen LogP contribution in [0.25, 0.3) is 0 Å². The molecule has 0 aliphatic carbocycles. The van der Waals surface area contributed by atoms with Crippen molar-refractivity contribution >= 4 is 16.0 Å². The molecule has 1 saturated heterocycles. The first-order valence-corrected chi connectivity index (χ1v) is 10.3. The van der Waals surface area contributed by atoms with Crippen LogP contribution in [0.4, 0.5) is 5.95 Å². The van der Waals surface area contributed by atoms with E-state index in [1.54, 1.807) is 23.3 Å². The molecule has 2 aromatic rings. The van der Waals surface area contributed by atoms with E-state index in [0.29, 0.717) is 0 Å². The topological polar surface area (TPSA) is 96.2 Å². The maximum absolute atomic E-state index is 11.7. The number of unbranched alkanes of at least 4 members (excludes halogenated alkanes) is 1. The van der Waals surface area contributed by atoms with Crippen molar-refractivity contribution in [3.63, 3.8) is 0 Å². The fraction of sp³-hybridized carbons (Fsp3) is 0.562. The van der Waals surface area contributed by atoms with Crippen LogP contribution in [0, 0.1) is 0 Å². The van der Waals surface area contributed by atoms with Gasteiger partial charge in [0.25, 0.3) is 0 Å². The molecule has 10 heteroatoms. The van der Waals surface area contributed by atoms with Gasteiger partial charge in [-0.15, -0.1) is 0 Å². The highest BCUT2D eigenvalue weighted by atomic mass is 32.2. The largest absolute Gasteiger partial charge is 0.338 e. The zero-order chi connectivity index (χ0) is 18.4. The number of nitrogens with one attached hydrogen (secondary N) is 1. The van der Waals surface area contributed by atoms with Gasteiger partial charge in [-0.2, -0.15) is 5.10 Å². The quantitative estimate of drug-likeness (QED) is 0.654. The van der Waals surface area contributed by atoms with Gasteiger partial charge in [-0.25, -0.2) is 23.1 Å². The molecule has 0 spiro atoms. The first-order valence-electron chi connectivity index (χ1n) is 8.79. The van der Waals surface area contributed by atoms with Crippen LogP contribution in [0.2, 0.25) is 0 Å². The molecule has 0 bridgehead atoms. The number of sulfonamides is 1. The van der Waals surface area contributed by atoms with Crippen LogP contribution in [-0.2, 0) is 16.6 Å². The number of nitrogens with zero attached hydrogens (tertiary/aromatic N) is 6. The molecule has 1 aliphatic rings. The van der Waals surface area contributed by atoms with Crippen LogP contribution in [-0.4, -0.2) is 72.8 Å². The Hall–Kier alpha value is -2.04. The van der Waals surface area contributed by atoms with E-state index in [-0.39, 0.29) is 4.90 Å². The van der Waals surface area contributed by atoms with Crippen molar-refractivity contribution in [2.75, 3.05) is 44.7 Å². The van der Waals surface area contributed by atoms with E-state index in [1.165, 1.54) is 13.2 Å². The summed E-state index contributed by atoms with van der Waals surface area (Å²) in [6.07, 6.45) is 8.52. The molecule has 0 amide bonds. The Kier molecular flexibility index (Phi) is 6.17. The highest BCUT2D eigenvalue weighted by Crippen LogP contribution is 2.11. The number of anilines is 1. The van der Waals surface area contributed by atoms with Gasteiger partial charge in [0.2, 0.25) is 16.0 Å². The third-order valence-electron chi connectivity index (χ3n) is 4.51. The van der Waals surface area contributed by atoms with Gasteiger partial charge in [-0.05, 0) is 32.5 Å². The van der Waals surface area contributed by atoms with Gasteiger partial charge in [0.05, 0.1) is 6.20 Å². The molecule has 0 unspecified atom stereocenters. The SMILES string of the molecule is CNS(=O)(=O)c1cnn(CCCCN2CCN(c3ncccn3)CC2)c1. The molecule has 142 valence electrons. The summed E-state index contributed by atoms with van der Waals surface area (Å²) in [5, 5.41) is 4.12. The lowest BCUT2D eigenvalue weighted by Gasteiger charge is -2.34. The van der Waals surface area contributed by atoms with Crippen LogP contribution in [0.1, 0.15) is 12.8 Å². The van der Waals surface area contributed by atoms with E-state index in [4.69, 9.17) is 0 Å². The van der Waals surface area contributed by atoms with Gasteiger partial charge in [0, 0.05) is 51.3 Å². The lowest BCUT2D eigenvalue weighted by Crippen LogP contribution is -2.47. The molecule has 1 N–H and O–H groups in total. The molecule has 1 aliphatic heterocycles. The summed E-state index contributed by atoms with van der Waals surface area (Å²) in [6, 6.07) is 1.83. The van der Waals surface area contributed by atoms with Crippen molar-refractivity contribution in [3.8, 4) is 0 Å². The summed E-state index contributed by atoms with van der Waals surface area (Å²) in [4.78, 5) is 13.5. The van der Waals surface area contributed by atoms with Crippen molar-refractivity contribution in [1.29, 1.82) is 0 Å². The van der Waals surface area contributed by atoms with Gasteiger partial charge in [0.1, 0.15) is 4.90 Å². The summed E-state index contributed by atoms with van der Waals surface area (Å²) in [6.45, 7) is 5.64. The van der Waals surface area contributed by atoms with Gasteiger partial charge in [-0.1, -0.05) is 0 Å². The minimum Gasteiger partial charge on any atom is -0.338 e. The van der Waals surface area contributed by atoms with Crippen molar-refractivity contribution in [3.05, 3.63) is 30.9 Å². The van der Waals surface area contributed by atoms with Crippen molar-refractivity contribution < 1.29 is 8.42 Å². The van der Waals surface area contributed by atoms with E-state index in [9.17, 15) is 8.42 Å². The van der Waals surface area contributed by atoms with Gasteiger partial charge in [-0.3, -0.25) is 9.58 Å². The number of aryl methyl sites for hydroxylation is 1. The second-order valence-corrected chi connectivity index (χ2v) is 8.12. The second kappa shape index (κ2) is 8.56. The Labute approximate surface area is 154 Å². The van der Waals surface area contributed by atoms with Crippen LogP contribution in [0.3, 0.4) is 0 Å². The number of piperazine rings is 1. The summed E-state index contributed by atoms with van der Waals surface area (Å²) in [5.74, 6) is 0.804. The summed E-state index contributed by atoms with van der Waals surface area (Å²) in [7, 11) is -2.01. The first-order chi connectivity index (χ1) is 12.6. The predicted octanol–water partition coefficient (Wildman–Crippen LogP) is 0.184. The van der Waals surface area contributed by atoms with Crippen molar-refractivity contribution in [2.45, 2.75) is 24.3 Å². The van der Waals surface area contributed by atoms with E-state index >= 15 is 0 Å². The molecule has 0 saturated carbocycles. The maximum Gasteiger partial charge on any atom is 0.243 e. The third kappa shape index (κ3) is 4.77. The van der Waals surface area contributed by atoms with E-state index in [1.807, 2.05) is 6.07 Å². The molecule has 3 rings (SSSR count). The standard InChI is InChI=1S/C16H25N7O2S/c1-17-26(24,25)15-13-20-23(14-15)8-3-2-7-21-9-11-22(12-10-21)16-18-5-4-6-19-16/h4-6,13-14,17H,2-3,7-12H2,1H3. The molecule has 1 fully saturated rings. The highest BCUT2D eigenvalue weighted by Gasteiger charge is 2.18. The Morgan fingerprint density at radius 2 is 1.77 bits per heavy atom. The molecule has 0 radical (unpaired) electrons. The van der Waals surface area contributed by atoms with Crippen LogP contribution in [0.15, 0.2) is 35.7 Å². The molecular formula is C16H25N7O2S. The average molecular weight is 379 g/mol. The molecular weight excluding hydrogens is 354 g/mol. The number of aromatic nitrogens is 4. The van der Waals surface area contributed by atoms with Gasteiger partial charge >= 0.3 is 0 Å². The summed E-state index contributed by atoms with van der Waals surface area (Å²) in [5.41, 5.74) is 0. The minimum absolute atomic E-state index is 0.208. The summed E-state index contributed by atoms with van der Waals surface area (Å²) < 4.78 is 27.4. The van der Waals surface area contributed by atoms with Gasteiger partial charge < -0.3 is 4.90 Å². The first kappa shape index (κ1) is 18.7. The van der Waals surface area contributed by atoms with Crippen LogP contribution in [0.5, 0.6) is 0 Å². The normalized spacial score (nSPS) is 16.1. The molecule has 3 heterocycles. The fourth-order valence-electron chi connectivity index (χ4n) is 2.96. The van der Waals surface area contributed by atoms with Crippen LogP contribution < -0.4 is 9.62 Å². The third-order valence-corrected chi connectivity index (χ3v) is 5.88.